The number of nitrogens with two attached hydrogens (primary N) is 1. The van der Waals surface area contributed by atoms with Crippen molar-refractivity contribution in [3.8, 4) is 11.5 Å². The number of methoxy groups -OCH3 is 1. The molecule has 1 aromatic rings. The first-order valence-corrected chi connectivity index (χ1v) is 8.54. The van der Waals surface area contributed by atoms with Gasteiger partial charge in [0.05, 0.1) is 7.11 Å². The zero-order chi connectivity index (χ0) is 19.1. The van der Waals surface area contributed by atoms with Crippen LogP contribution in [0.2, 0.25) is 0 Å². The Morgan fingerprint density at radius 3 is 2.69 bits per heavy atom. The summed E-state index contributed by atoms with van der Waals surface area (Å²) in [6, 6.07) is 4.64. The first-order chi connectivity index (χ1) is 12.4. The summed E-state index contributed by atoms with van der Waals surface area (Å²) in [6.07, 6.45) is 3.16. The zero-order valence-electron chi connectivity index (χ0n) is 14.8. The van der Waals surface area contributed by atoms with Gasteiger partial charge in [-0.2, -0.15) is 0 Å². The number of piperidine rings is 1. The van der Waals surface area contributed by atoms with E-state index in [1.807, 2.05) is 0 Å². The molecule has 2 amide bonds. The Balaban J connectivity index is 2.15. The van der Waals surface area contributed by atoms with Crippen molar-refractivity contribution >= 4 is 17.8 Å². The highest BCUT2D eigenvalue weighted by Crippen LogP contribution is 2.30. The molecule has 1 aliphatic heterocycles. The molecule has 0 bridgehead atoms. The van der Waals surface area contributed by atoms with E-state index in [2.05, 4.69) is 0 Å². The lowest BCUT2D eigenvalue weighted by Crippen LogP contribution is -2.44. The molecule has 0 aromatic heterocycles. The highest BCUT2D eigenvalue weighted by molar-refractivity contribution is 5.95. The van der Waals surface area contributed by atoms with Gasteiger partial charge in [-0.05, 0) is 43.9 Å². The number of carbonyl (C=O) groups is 3. The van der Waals surface area contributed by atoms with Crippen LogP contribution >= 0.6 is 0 Å². The Bertz CT molecular complexity index is 676. The third-order valence-electron chi connectivity index (χ3n) is 4.36. The number of nitrogens with zero attached hydrogens (tertiary/aromatic N) is 1. The monoisotopic (exact) mass is 364 g/mol. The molecule has 2 rings (SSSR count). The smallest absolute Gasteiger partial charge is 0.303 e. The number of carboxylic acid groups (broad SMARTS) is 1. The van der Waals surface area contributed by atoms with Gasteiger partial charge in [0.1, 0.15) is 0 Å². The van der Waals surface area contributed by atoms with Crippen LogP contribution in [0.5, 0.6) is 11.5 Å². The number of likely N-dealkylation sites (tertiary alicyclic amines) is 1. The quantitative estimate of drug-likeness (QED) is 0.720. The molecule has 8 nitrogen and oxygen atoms in total. The Kier molecular flexibility index (Phi) is 6.82. The van der Waals surface area contributed by atoms with Crippen LogP contribution < -0.4 is 15.2 Å². The fourth-order valence-electron chi connectivity index (χ4n) is 3.09. The van der Waals surface area contributed by atoms with E-state index in [1.165, 1.54) is 7.11 Å². The summed E-state index contributed by atoms with van der Waals surface area (Å²) in [7, 11) is 1.44. The van der Waals surface area contributed by atoms with Crippen LogP contribution in [-0.4, -0.2) is 54.1 Å². The van der Waals surface area contributed by atoms with E-state index in [9.17, 15) is 14.4 Å². The summed E-state index contributed by atoms with van der Waals surface area (Å²) in [5, 5.41) is 8.91. The second-order valence-corrected chi connectivity index (χ2v) is 6.20. The summed E-state index contributed by atoms with van der Waals surface area (Å²) in [5.41, 5.74) is 5.49. The normalized spacial score (nSPS) is 16.8. The number of rotatable bonds is 8. The predicted octanol–water partition coefficient (Wildman–Crippen LogP) is 1.42. The number of carbonyl (C=O) groups excluding carboxylic acids is 2. The number of primary amides is 1. The average molecular weight is 364 g/mol. The Hall–Kier alpha value is -2.77. The number of ether oxygens (including phenoxy) is 2. The van der Waals surface area contributed by atoms with E-state index in [1.54, 1.807) is 23.1 Å². The van der Waals surface area contributed by atoms with Crippen molar-refractivity contribution in [2.45, 2.75) is 38.1 Å². The summed E-state index contributed by atoms with van der Waals surface area (Å²) >= 11 is 0. The van der Waals surface area contributed by atoms with Gasteiger partial charge in [-0.25, -0.2) is 0 Å². The number of hydrogen-bond donors (Lipinski definition) is 2. The second kappa shape index (κ2) is 9.07. The fraction of sp³-hybridized carbons (Fsp3) is 0.500. The standard InChI is InChI=1S/C18H24N2O6/c1-25-15-10-12(5-7-14(15)26-11-16(19)21)18(24)20-9-3-2-4-13(20)6-8-17(22)23/h5,7,10,13H,2-4,6,8-9,11H2,1H3,(H2,19,21)(H,22,23). The number of aliphatic carboxylic acids is 1. The molecule has 1 heterocycles. The highest BCUT2D eigenvalue weighted by Gasteiger charge is 2.28. The Morgan fingerprint density at radius 1 is 1.27 bits per heavy atom. The van der Waals surface area contributed by atoms with Crippen LogP contribution in [0.3, 0.4) is 0 Å². The van der Waals surface area contributed by atoms with Gasteiger partial charge in [0.15, 0.2) is 18.1 Å². The van der Waals surface area contributed by atoms with E-state index >= 15 is 0 Å². The lowest BCUT2D eigenvalue weighted by atomic mass is 9.97. The van der Waals surface area contributed by atoms with E-state index in [0.717, 1.165) is 19.3 Å². The lowest BCUT2D eigenvalue weighted by molar-refractivity contribution is -0.137. The Labute approximate surface area is 151 Å². The molecule has 8 heteroatoms. The number of carboxylic acids is 1. The van der Waals surface area contributed by atoms with Gasteiger partial charge in [-0.1, -0.05) is 0 Å². The molecule has 0 saturated carbocycles. The first-order valence-electron chi connectivity index (χ1n) is 8.54. The molecule has 1 aliphatic rings. The Morgan fingerprint density at radius 2 is 2.04 bits per heavy atom. The number of amides is 2. The lowest BCUT2D eigenvalue weighted by Gasteiger charge is -2.35. The van der Waals surface area contributed by atoms with Crippen molar-refractivity contribution < 1.29 is 29.0 Å². The summed E-state index contributed by atoms with van der Waals surface area (Å²) < 4.78 is 10.5. The fourth-order valence-corrected chi connectivity index (χ4v) is 3.09. The van der Waals surface area contributed by atoms with Crippen LogP contribution in [-0.2, 0) is 9.59 Å². The molecular weight excluding hydrogens is 340 g/mol. The van der Waals surface area contributed by atoms with Gasteiger partial charge in [-0.3, -0.25) is 14.4 Å². The van der Waals surface area contributed by atoms with Crippen molar-refractivity contribution in [3.63, 3.8) is 0 Å². The molecule has 0 aliphatic carbocycles. The van der Waals surface area contributed by atoms with Crippen molar-refractivity contribution in [2.75, 3.05) is 20.3 Å². The first kappa shape index (κ1) is 19.6. The largest absolute Gasteiger partial charge is 0.493 e. The van der Waals surface area contributed by atoms with Crippen LogP contribution in [0.15, 0.2) is 18.2 Å². The minimum Gasteiger partial charge on any atom is -0.493 e. The number of hydrogen-bond acceptors (Lipinski definition) is 5. The molecule has 1 saturated heterocycles. The maximum atomic E-state index is 12.9. The summed E-state index contributed by atoms with van der Waals surface area (Å²) in [5.74, 6) is -0.984. The van der Waals surface area contributed by atoms with Gasteiger partial charge >= 0.3 is 5.97 Å². The molecule has 0 spiro atoms. The van der Waals surface area contributed by atoms with Gasteiger partial charge in [0.2, 0.25) is 0 Å². The molecule has 3 N–H and O–H groups in total. The predicted molar refractivity (Wildman–Crippen MR) is 93.2 cm³/mol. The van der Waals surface area contributed by atoms with Crippen LogP contribution in [0.4, 0.5) is 0 Å². The minimum atomic E-state index is -0.861. The SMILES string of the molecule is COc1cc(C(=O)N2CCCCC2CCC(=O)O)ccc1OCC(N)=O. The molecule has 1 atom stereocenters. The molecule has 0 radical (unpaired) electrons. The van der Waals surface area contributed by atoms with Crippen LogP contribution in [0, 0.1) is 0 Å². The maximum absolute atomic E-state index is 12.9. The van der Waals surface area contributed by atoms with Gasteiger partial charge < -0.3 is 25.2 Å². The van der Waals surface area contributed by atoms with Gasteiger partial charge in [0.25, 0.3) is 11.8 Å². The highest BCUT2D eigenvalue weighted by atomic mass is 16.5. The van der Waals surface area contributed by atoms with E-state index in [4.69, 9.17) is 20.3 Å². The molecule has 142 valence electrons. The van der Waals surface area contributed by atoms with Crippen molar-refractivity contribution in [1.82, 2.24) is 4.90 Å². The van der Waals surface area contributed by atoms with Gasteiger partial charge in [-0.15, -0.1) is 0 Å². The maximum Gasteiger partial charge on any atom is 0.303 e. The molecule has 26 heavy (non-hydrogen) atoms. The molecule has 1 fully saturated rings. The van der Waals surface area contributed by atoms with E-state index < -0.39 is 11.9 Å². The molecular formula is C18H24N2O6. The minimum absolute atomic E-state index is 0.0393. The summed E-state index contributed by atoms with van der Waals surface area (Å²) in [4.78, 5) is 36.4. The van der Waals surface area contributed by atoms with Crippen LogP contribution in [0.1, 0.15) is 42.5 Å². The molecule has 1 aromatic carbocycles. The van der Waals surface area contributed by atoms with E-state index in [-0.39, 0.29) is 25.0 Å². The van der Waals surface area contributed by atoms with Crippen molar-refractivity contribution in [3.05, 3.63) is 23.8 Å². The summed E-state index contributed by atoms with van der Waals surface area (Å²) in [6.45, 7) is 0.318. The van der Waals surface area contributed by atoms with Crippen molar-refractivity contribution in [2.24, 2.45) is 5.73 Å². The average Bonchev–Trinajstić information content (AvgIpc) is 2.64. The zero-order valence-corrected chi connectivity index (χ0v) is 14.8. The van der Waals surface area contributed by atoms with Crippen molar-refractivity contribution in [1.29, 1.82) is 0 Å². The molecule has 1 unspecified atom stereocenters. The number of benzene rings is 1. The third kappa shape index (κ3) is 5.11. The third-order valence-corrected chi connectivity index (χ3v) is 4.36. The van der Waals surface area contributed by atoms with E-state index in [0.29, 0.717) is 30.0 Å². The topological polar surface area (TPSA) is 119 Å². The second-order valence-electron chi connectivity index (χ2n) is 6.20. The van der Waals surface area contributed by atoms with Crippen LogP contribution in [0.25, 0.3) is 0 Å². The van der Waals surface area contributed by atoms with Gasteiger partial charge in [0, 0.05) is 24.6 Å².